The van der Waals surface area contributed by atoms with E-state index in [0.717, 1.165) is 5.56 Å². The largest absolute Gasteiger partial charge is 0.467 e. The van der Waals surface area contributed by atoms with Crippen LogP contribution in [0.3, 0.4) is 0 Å². The van der Waals surface area contributed by atoms with Crippen LogP contribution in [0.15, 0.2) is 65.3 Å². The maximum absolute atomic E-state index is 14.2. The van der Waals surface area contributed by atoms with Crippen LogP contribution in [-0.2, 0) is 17.9 Å². The normalized spacial score (nSPS) is 11.9. The van der Waals surface area contributed by atoms with Gasteiger partial charge in [0.1, 0.15) is 18.1 Å². The summed E-state index contributed by atoms with van der Waals surface area (Å²) in [6, 6.07) is 14.8. The number of hydrogen-bond donors (Lipinski definition) is 0. The van der Waals surface area contributed by atoms with Crippen molar-refractivity contribution in [2.45, 2.75) is 26.4 Å². The first kappa shape index (κ1) is 22.4. The highest BCUT2D eigenvalue weighted by Gasteiger charge is 2.25. The summed E-state index contributed by atoms with van der Waals surface area (Å²) >= 11 is 0. The monoisotopic (exact) mass is 452 g/mol. The Morgan fingerprint density at radius 1 is 0.970 bits per heavy atom. The van der Waals surface area contributed by atoms with Gasteiger partial charge in [-0.25, -0.2) is 4.39 Å². The van der Waals surface area contributed by atoms with E-state index in [1.807, 2.05) is 19.1 Å². The molecule has 0 atom stereocenters. The summed E-state index contributed by atoms with van der Waals surface area (Å²) < 4.78 is 30.4. The van der Waals surface area contributed by atoms with Crippen molar-refractivity contribution in [3.63, 3.8) is 0 Å². The quantitative estimate of drug-likeness (QED) is 0.486. The molecule has 2 amide bonds. The summed E-state index contributed by atoms with van der Waals surface area (Å²) in [6.45, 7) is 2.74. The number of rotatable bonds is 9. The summed E-state index contributed by atoms with van der Waals surface area (Å²) in [5.41, 5.74) is 0.800. The van der Waals surface area contributed by atoms with Crippen LogP contribution in [0.4, 0.5) is 4.39 Å². The van der Waals surface area contributed by atoms with Crippen LogP contribution < -0.4 is 9.47 Å². The first-order valence-electron chi connectivity index (χ1n) is 10.8. The van der Waals surface area contributed by atoms with Gasteiger partial charge in [-0.05, 0) is 48.4 Å². The minimum atomic E-state index is -0.608. The van der Waals surface area contributed by atoms with Crippen molar-refractivity contribution >= 4 is 11.8 Å². The molecule has 4 rings (SSSR count). The van der Waals surface area contributed by atoms with Crippen molar-refractivity contribution in [1.82, 2.24) is 9.80 Å². The molecule has 33 heavy (non-hydrogen) atoms. The van der Waals surface area contributed by atoms with Gasteiger partial charge in [-0.15, -0.1) is 0 Å². The van der Waals surface area contributed by atoms with E-state index in [1.165, 1.54) is 23.1 Å². The van der Waals surface area contributed by atoms with E-state index < -0.39 is 11.7 Å². The number of furan rings is 1. The van der Waals surface area contributed by atoms with Crippen LogP contribution in [0, 0.1) is 5.82 Å². The van der Waals surface area contributed by atoms with E-state index in [0.29, 0.717) is 30.2 Å². The molecule has 0 saturated heterocycles. The lowest BCUT2D eigenvalue weighted by molar-refractivity contribution is -0.133. The molecule has 0 N–H and O–H groups in total. The van der Waals surface area contributed by atoms with E-state index in [1.54, 1.807) is 35.4 Å². The molecular formula is C25H25FN2O5. The van der Waals surface area contributed by atoms with E-state index >= 15 is 0 Å². The lowest BCUT2D eigenvalue weighted by Gasteiger charge is -2.27. The lowest BCUT2D eigenvalue weighted by atomic mass is 10.1. The van der Waals surface area contributed by atoms with Crippen molar-refractivity contribution in [1.29, 1.82) is 0 Å². The topological polar surface area (TPSA) is 72.2 Å². The number of fused-ring (bicyclic) bond motifs is 1. The minimum Gasteiger partial charge on any atom is -0.467 e. The van der Waals surface area contributed by atoms with Crippen molar-refractivity contribution in [3.05, 3.63) is 83.6 Å². The summed E-state index contributed by atoms with van der Waals surface area (Å²) in [7, 11) is 0. The van der Waals surface area contributed by atoms with Crippen LogP contribution >= 0.6 is 0 Å². The summed E-state index contributed by atoms with van der Waals surface area (Å²) in [6.07, 6.45) is 2.18. The van der Waals surface area contributed by atoms with Gasteiger partial charge in [0.2, 0.25) is 12.7 Å². The molecule has 1 aliphatic rings. The average Bonchev–Trinajstić information content (AvgIpc) is 3.50. The molecule has 0 fully saturated rings. The molecule has 0 spiro atoms. The van der Waals surface area contributed by atoms with E-state index in [-0.39, 0.29) is 37.9 Å². The molecule has 3 aromatic rings. The number of halogens is 1. The molecule has 0 unspecified atom stereocenters. The van der Waals surface area contributed by atoms with Crippen molar-refractivity contribution in [2.24, 2.45) is 0 Å². The number of benzene rings is 2. The van der Waals surface area contributed by atoms with Crippen LogP contribution in [0.25, 0.3) is 0 Å². The lowest BCUT2D eigenvalue weighted by Crippen LogP contribution is -2.43. The zero-order valence-corrected chi connectivity index (χ0v) is 18.3. The van der Waals surface area contributed by atoms with Gasteiger partial charge in [0, 0.05) is 13.1 Å². The second kappa shape index (κ2) is 10.2. The van der Waals surface area contributed by atoms with E-state index in [2.05, 4.69) is 0 Å². The number of hydrogen-bond acceptors (Lipinski definition) is 5. The zero-order chi connectivity index (χ0) is 23.2. The van der Waals surface area contributed by atoms with Gasteiger partial charge in [0.05, 0.1) is 18.4 Å². The van der Waals surface area contributed by atoms with Gasteiger partial charge >= 0.3 is 0 Å². The van der Waals surface area contributed by atoms with Crippen LogP contribution in [0.2, 0.25) is 0 Å². The smallest absolute Gasteiger partial charge is 0.257 e. The molecule has 8 heteroatoms. The molecule has 2 aromatic carbocycles. The Bertz CT molecular complexity index is 1120. The SMILES string of the molecule is CCCN(CC(=O)N(Cc1ccc2c(c1)OCO2)Cc1ccco1)C(=O)c1ccccc1F. The number of ether oxygens (including phenoxy) is 2. The second-order valence-corrected chi connectivity index (χ2v) is 7.72. The molecule has 0 saturated carbocycles. The number of carbonyl (C=O) groups excluding carboxylic acids is 2. The Kier molecular flexibility index (Phi) is 6.92. The van der Waals surface area contributed by atoms with Crippen LogP contribution in [0.1, 0.15) is 35.0 Å². The van der Waals surface area contributed by atoms with Gasteiger partial charge in [-0.3, -0.25) is 9.59 Å². The van der Waals surface area contributed by atoms with Gasteiger partial charge < -0.3 is 23.7 Å². The highest BCUT2D eigenvalue weighted by atomic mass is 19.1. The standard InChI is InChI=1S/C25H25FN2O5/c1-2-11-27(25(30)20-7-3-4-8-21(20)26)16-24(29)28(15-19-6-5-12-31-19)14-18-9-10-22-23(13-18)33-17-32-22/h3-10,12-13H,2,11,14-17H2,1H3. The summed E-state index contributed by atoms with van der Waals surface area (Å²) in [4.78, 5) is 29.3. The summed E-state index contributed by atoms with van der Waals surface area (Å²) in [5.74, 6) is 0.509. The van der Waals surface area contributed by atoms with Crippen LogP contribution in [-0.4, -0.2) is 41.5 Å². The average molecular weight is 452 g/mol. The fraction of sp³-hybridized carbons (Fsp3) is 0.280. The maximum Gasteiger partial charge on any atom is 0.257 e. The van der Waals surface area contributed by atoms with Gasteiger partial charge in [0.25, 0.3) is 5.91 Å². The molecule has 0 bridgehead atoms. The zero-order valence-electron chi connectivity index (χ0n) is 18.3. The molecule has 0 aliphatic carbocycles. The van der Waals surface area contributed by atoms with E-state index in [4.69, 9.17) is 13.9 Å². The third kappa shape index (κ3) is 5.34. The maximum atomic E-state index is 14.2. The number of carbonyl (C=O) groups is 2. The summed E-state index contributed by atoms with van der Waals surface area (Å²) in [5, 5.41) is 0. The second-order valence-electron chi connectivity index (χ2n) is 7.72. The van der Waals surface area contributed by atoms with Crippen molar-refractivity contribution in [2.75, 3.05) is 19.9 Å². The highest BCUT2D eigenvalue weighted by Crippen LogP contribution is 2.33. The predicted molar refractivity (Wildman–Crippen MR) is 118 cm³/mol. The molecule has 172 valence electrons. The Balaban J connectivity index is 1.54. The van der Waals surface area contributed by atoms with Crippen molar-refractivity contribution in [3.8, 4) is 11.5 Å². The van der Waals surface area contributed by atoms with Crippen molar-refractivity contribution < 1.29 is 27.9 Å². The fourth-order valence-electron chi connectivity index (χ4n) is 3.67. The fourth-order valence-corrected chi connectivity index (χ4v) is 3.67. The predicted octanol–water partition coefficient (Wildman–Crippen LogP) is 4.23. The van der Waals surface area contributed by atoms with Gasteiger partial charge in [-0.2, -0.15) is 0 Å². The molecular weight excluding hydrogens is 427 g/mol. The Morgan fingerprint density at radius 3 is 2.55 bits per heavy atom. The molecule has 1 aliphatic heterocycles. The first-order chi connectivity index (χ1) is 16.0. The molecule has 2 heterocycles. The number of amides is 2. The molecule has 1 aromatic heterocycles. The highest BCUT2D eigenvalue weighted by molar-refractivity contribution is 5.96. The molecule has 0 radical (unpaired) electrons. The minimum absolute atomic E-state index is 0.0490. The van der Waals surface area contributed by atoms with Gasteiger partial charge in [-0.1, -0.05) is 25.1 Å². The van der Waals surface area contributed by atoms with Gasteiger partial charge in [0.15, 0.2) is 11.5 Å². The third-order valence-corrected chi connectivity index (χ3v) is 5.30. The number of nitrogens with zero attached hydrogens (tertiary/aromatic N) is 2. The third-order valence-electron chi connectivity index (χ3n) is 5.30. The Morgan fingerprint density at radius 2 is 1.79 bits per heavy atom. The first-order valence-corrected chi connectivity index (χ1v) is 10.8. The van der Waals surface area contributed by atoms with Crippen LogP contribution in [0.5, 0.6) is 11.5 Å². The Labute approximate surface area is 191 Å². The Hall–Kier alpha value is -3.81. The molecule has 7 nitrogen and oxygen atoms in total. The van der Waals surface area contributed by atoms with E-state index in [9.17, 15) is 14.0 Å².